The van der Waals surface area contributed by atoms with E-state index in [-0.39, 0.29) is 12.1 Å². The SMILES string of the molecule is CC(C)(C)OC(=O)NC1CCN(c2ccc(Br)cc2)CC1.NC1CCN(c2ccc(Br)cc2)CC1. The molecule has 4 rings (SSSR count). The predicted molar refractivity (Wildman–Crippen MR) is 152 cm³/mol. The average Bonchev–Trinajstić information content (AvgIpc) is 2.80. The number of nitrogens with two attached hydrogens (primary N) is 1. The van der Waals surface area contributed by atoms with E-state index in [4.69, 9.17) is 10.5 Å². The number of alkyl carbamates (subject to hydrolysis) is 1. The third kappa shape index (κ3) is 9.66. The first kappa shape index (κ1) is 27.8. The number of nitrogens with one attached hydrogen (secondary N) is 1. The van der Waals surface area contributed by atoms with Crippen molar-refractivity contribution in [2.24, 2.45) is 5.73 Å². The molecule has 0 aromatic heterocycles. The highest BCUT2D eigenvalue weighted by Crippen LogP contribution is 2.23. The van der Waals surface area contributed by atoms with Crippen molar-refractivity contribution in [2.75, 3.05) is 36.0 Å². The molecule has 2 heterocycles. The highest BCUT2D eigenvalue weighted by molar-refractivity contribution is 9.10. The first-order chi connectivity index (χ1) is 16.6. The second-order valence-electron chi connectivity index (χ2n) is 10.2. The molecular weight excluding hydrogens is 572 g/mol. The summed E-state index contributed by atoms with van der Waals surface area (Å²) in [6.45, 7) is 9.70. The van der Waals surface area contributed by atoms with E-state index in [1.165, 1.54) is 11.4 Å². The van der Waals surface area contributed by atoms with Gasteiger partial charge in [-0.15, -0.1) is 0 Å². The van der Waals surface area contributed by atoms with E-state index in [0.29, 0.717) is 6.04 Å². The molecule has 2 aromatic rings. The summed E-state index contributed by atoms with van der Waals surface area (Å²) in [6, 6.07) is 17.4. The van der Waals surface area contributed by atoms with Gasteiger partial charge in [-0.3, -0.25) is 0 Å². The third-order valence-electron chi connectivity index (χ3n) is 6.14. The molecule has 0 unspecified atom stereocenters. The van der Waals surface area contributed by atoms with Gasteiger partial charge in [-0.05, 0) is 95.0 Å². The molecule has 0 aliphatic carbocycles. The Hall–Kier alpha value is -1.77. The number of benzene rings is 2. The molecule has 3 N–H and O–H groups in total. The maximum atomic E-state index is 11.8. The van der Waals surface area contributed by atoms with Crippen LogP contribution in [0.4, 0.5) is 16.2 Å². The summed E-state index contributed by atoms with van der Waals surface area (Å²) < 4.78 is 7.52. The van der Waals surface area contributed by atoms with Crippen molar-refractivity contribution >= 4 is 49.3 Å². The lowest BCUT2D eigenvalue weighted by molar-refractivity contribution is 0.0497. The minimum atomic E-state index is -0.442. The molecule has 0 saturated carbocycles. The van der Waals surface area contributed by atoms with Gasteiger partial charge in [0.25, 0.3) is 0 Å². The topological polar surface area (TPSA) is 70.8 Å². The number of hydrogen-bond donors (Lipinski definition) is 2. The fourth-order valence-corrected chi connectivity index (χ4v) is 4.75. The highest BCUT2D eigenvalue weighted by Gasteiger charge is 2.23. The summed E-state index contributed by atoms with van der Waals surface area (Å²) in [4.78, 5) is 16.5. The quantitative estimate of drug-likeness (QED) is 0.426. The maximum Gasteiger partial charge on any atom is 0.407 e. The third-order valence-corrected chi connectivity index (χ3v) is 7.20. The Morgan fingerprint density at radius 2 is 1.23 bits per heavy atom. The minimum Gasteiger partial charge on any atom is -0.444 e. The van der Waals surface area contributed by atoms with Crippen molar-refractivity contribution in [1.82, 2.24) is 5.32 Å². The van der Waals surface area contributed by atoms with Gasteiger partial charge < -0.3 is 25.6 Å². The van der Waals surface area contributed by atoms with E-state index in [1.54, 1.807) is 0 Å². The molecule has 2 aromatic carbocycles. The summed E-state index contributed by atoms with van der Waals surface area (Å²) in [5.41, 5.74) is 7.96. The average molecular weight is 610 g/mol. The fraction of sp³-hybridized carbons (Fsp3) is 0.519. The Bertz CT molecular complexity index is 916. The predicted octanol–water partition coefficient (Wildman–Crippen LogP) is 6.32. The van der Waals surface area contributed by atoms with Crippen LogP contribution in [0.25, 0.3) is 0 Å². The largest absolute Gasteiger partial charge is 0.444 e. The molecule has 6 nitrogen and oxygen atoms in total. The van der Waals surface area contributed by atoms with Gasteiger partial charge in [0.2, 0.25) is 0 Å². The van der Waals surface area contributed by atoms with Crippen LogP contribution in [0.1, 0.15) is 46.5 Å². The Balaban J connectivity index is 0.000000211. The lowest BCUT2D eigenvalue weighted by Gasteiger charge is -2.34. The van der Waals surface area contributed by atoms with E-state index in [9.17, 15) is 4.79 Å². The molecule has 35 heavy (non-hydrogen) atoms. The summed E-state index contributed by atoms with van der Waals surface area (Å²) in [6.07, 6.45) is 3.78. The summed E-state index contributed by atoms with van der Waals surface area (Å²) in [7, 11) is 0. The van der Waals surface area contributed by atoms with E-state index < -0.39 is 5.60 Å². The first-order valence-corrected chi connectivity index (χ1v) is 13.9. The molecule has 2 saturated heterocycles. The molecule has 0 atom stereocenters. The van der Waals surface area contributed by atoms with Gasteiger partial charge >= 0.3 is 6.09 Å². The molecule has 2 fully saturated rings. The fourth-order valence-electron chi connectivity index (χ4n) is 4.22. The number of rotatable bonds is 3. The molecule has 2 aliphatic rings. The van der Waals surface area contributed by atoms with Crippen LogP contribution < -0.4 is 20.9 Å². The number of piperidine rings is 2. The van der Waals surface area contributed by atoms with Crippen LogP contribution in [0.2, 0.25) is 0 Å². The molecule has 1 amide bonds. The van der Waals surface area contributed by atoms with Gasteiger partial charge in [0.1, 0.15) is 5.60 Å². The number of nitrogens with zero attached hydrogens (tertiary/aromatic N) is 2. The smallest absolute Gasteiger partial charge is 0.407 e. The lowest BCUT2D eigenvalue weighted by Crippen LogP contribution is -2.46. The zero-order valence-corrected chi connectivity index (χ0v) is 24.1. The van der Waals surface area contributed by atoms with Crippen molar-refractivity contribution < 1.29 is 9.53 Å². The molecule has 0 spiro atoms. The second-order valence-corrected chi connectivity index (χ2v) is 12.0. The normalized spacial score (nSPS) is 17.4. The second kappa shape index (κ2) is 13.0. The molecule has 192 valence electrons. The van der Waals surface area contributed by atoms with Crippen molar-refractivity contribution in [1.29, 1.82) is 0 Å². The van der Waals surface area contributed by atoms with E-state index in [0.717, 1.165) is 60.8 Å². The van der Waals surface area contributed by atoms with Gasteiger partial charge in [-0.2, -0.15) is 0 Å². The first-order valence-electron chi connectivity index (χ1n) is 12.4. The van der Waals surface area contributed by atoms with Crippen molar-refractivity contribution in [2.45, 2.75) is 64.1 Å². The van der Waals surface area contributed by atoms with Gasteiger partial charge in [-0.25, -0.2) is 4.79 Å². The van der Waals surface area contributed by atoms with Crippen LogP contribution in [0.15, 0.2) is 57.5 Å². The molecule has 0 bridgehead atoms. The standard InChI is InChI=1S/C16H23BrN2O2.C11H15BrN2/c1-16(2,3)21-15(20)18-13-8-10-19(11-9-13)14-6-4-12(17)5-7-14;12-9-1-3-11(4-2-9)14-7-5-10(13)6-8-14/h4-7,13H,8-11H2,1-3H3,(H,18,20);1-4,10H,5-8,13H2. The molecule has 8 heteroatoms. The number of halogens is 2. The summed E-state index contributed by atoms with van der Waals surface area (Å²) in [5.74, 6) is 0. The van der Waals surface area contributed by atoms with Crippen LogP contribution >= 0.6 is 31.9 Å². The van der Waals surface area contributed by atoms with Crippen LogP contribution in [-0.2, 0) is 4.74 Å². The molecule has 0 radical (unpaired) electrons. The van der Waals surface area contributed by atoms with Crippen LogP contribution in [0, 0.1) is 0 Å². The number of carbonyl (C=O) groups is 1. The Morgan fingerprint density at radius 3 is 1.63 bits per heavy atom. The van der Waals surface area contributed by atoms with E-state index in [2.05, 4.69) is 95.5 Å². The van der Waals surface area contributed by atoms with Gasteiger partial charge in [0, 0.05) is 58.6 Å². The Kier molecular flexibility index (Phi) is 10.3. The van der Waals surface area contributed by atoms with Crippen molar-refractivity contribution in [3.63, 3.8) is 0 Å². The van der Waals surface area contributed by atoms with Gasteiger partial charge in [0.15, 0.2) is 0 Å². The zero-order valence-electron chi connectivity index (χ0n) is 21.0. The summed E-state index contributed by atoms with van der Waals surface area (Å²) in [5, 5.41) is 2.96. The maximum absolute atomic E-state index is 11.8. The lowest BCUT2D eigenvalue weighted by atomic mass is 10.0. The highest BCUT2D eigenvalue weighted by atomic mass is 79.9. The van der Waals surface area contributed by atoms with Crippen LogP contribution in [0.3, 0.4) is 0 Å². The number of anilines is 2. The number of hydrogen-bond acceptors (Lipinski definition) is 5. The van der Waals surface area contributed by atoms with Gasteiger partial charge in [-0.1, -0.05) is 31.9 Å². The molecule has 2 aliphatic heterocycles. The van der Waals surface area contributed by atoms with Crippen LogP contribution in [0.5, 0.6) is 0 Å². The summed E-state index contributed by atoms with van der Waals surface area (Å²) >= 11 is 6.89. The minimum absolute atomic E-state index is 0.201. The van der Waals surface area contributed by atoms with E-state index >= 15 is 0 Å². The molecular formula is C27H38Br2N4O2. The monoisotopic (exact) mass is 608 g/mol. The van der Waals surface area contributed by atoms with Crippen molar-refractivity contribution in [3.8, 4) is 0 Å². The van der Waals surface area contributed by atoms with Crippen LogP contribution in [-0.4, -0.2) is 50.0 Å². The number of amides is 1. The van der Waals surface area contributed by atoms with Crippen molar-refractivity contribution in [3.05, 3.63) is 57.5 Å². The Morgan fingerprint density at radius 1 is 0.829 bits per heavy atom. The zero-order chi connectivity index (χ0) is 25.4. The number of carbonyl (C=O) groups excluding carboxylic acids is 1. The van der Waals surface area contributed by atoms with Gasteiger partial charge in [0.05, 0.1) is 0 Å². The number of ether oxygens (including phenoxy) is 1. The Labute approximate surface area is 226 Å². The van der Waals surface area contributed by atoms with E-state index in [1.807, 2.05) is 20.8 Å².